The Morgan fingerprint density at radius 3 is 2.65 bits per heavy atom. The smallest absolute Gasteiger partial charge is 0.258 e. The van der Waals surface area contributed by atoms with Crippen LogP contribution in [0.1, 0.15) is 42.6 Å². The zero-order chi connectivity index (χ0) is 18.9. The summed E-state index contributed by atoms with van der Waals surface area (Å²) in [6.45, 7) is 8.14. The van der Waals surface area contributed by atoms with E-state index in [4.69, 9.17) is 4.74 Å². The summed E-state index contributed by atoms with van der Waals surface area (Å²) in [4.78, 5) is 29.4. The van der Waals surface area contributed by atoms with Gasteiger partial charge >= 0.3 is 0 Å². The first-order valence-corrected chi connectivity index (χ1v) is 9.35. The third-order valence-corrected chi connectivity index (χ3v) is 5.14. The molecule has 2 amide bonds. The molecule has 1 spiro atoms. The second-order valence-corrected chi connectivity index (χ2v) is 7.97. The molecule has 1 N–H and O–H groups in total. The minimum atomic E-state index is -0.430. The zero-order valence-electron chi connectivity index (χ0n) is 16.2. The average molecular weight is 359 g/mol. The van der Waals surface area contributed by atoms with Crippen molar-refractivity contribution >= 4 is 11.8 Å². The second kappa shape index (κ2) is 7.27. The van der Waals surface area contributed by atoms with Gasteiger partial charge in [0.2, 0.25) is 5.91 Å². The number of carbonyl (C=O) groups is 2. The number of rotatable bonds is 3. The molecule has 6 heteroatoms. The molecule has 0 aliphatic carbocycles. The Morgan fingerprint density at radius 2 is 2.00 bits per heavy atom. The van der Waals surface area contributed by atoms with Crippen LogP contribution in [0.4, 0.5) is 0 Å². The first-order valence-electron chi connectivity index (χ1n) is 9.35. The summed E-state index contributed by atoms with van der Waals surface area (Å²) in [5, 5.41) is 2.88. The second-order valence-electron chi connectivity index (χ2n) is 7.97. The van der Waals surface area contributed by atoms with E-state index >= 15 is 0 Å². The van der Waals surface area contributed by atoms with Crippen molar-refractivity contribution in [3.8, 4) is 5.75 Å². The number of fused-ring (bicyclic) bond motifs is 1. The number of amides is 2. The minimum absolute atomic E-state index is 0.0488. The number of piperidine rings is 1. The lowest BCUT2D eigenvalue weighted by molar-refractivity contribution is -0.122. The molecule has 142 valence electrons. The summed E-state index contributed by atoms with van der Waals surface area (Å²) in [6, 6.07) is 5.77. The molecule has 2 aliphatic heterocycles. The van der Waals surface area contributed by atoms with Crippen LogP contribution in [0.3, 0.4) is 0 Å². The molecule has 1 fully saturated rings. The third-order valence-electron chi connectivity index (χ3n) is 5.14. The highest BCUT2D eigenvalue weighted by atomic mass is 16.5. The van der Waals surface area contributed by atoms with Gasteiger partial charge in [-0.3, -0.25) is 9.59 Å². The lowest BCUT2D eigenvalue weighted by Crippen LogP contribution is -2.55. The van der Waals surface area contributed by atoms with Crippen LogP contribution in [0.25, 0.3) is 0 Å². The van der Waals surface area contributed by atoms with E-state index in [-0.39, 0.29) is 24.4 Å². The molecule has 26 heavy (non-hydrogen) atoms. The van der Waals surface area contributed by atoms with Gasteiger partial charge in [0, 0.05) is 32.0 Å². The number of likely N-dealkylation sites (tertiary alicyclic amines) is 1. The summed E-state index contributed by atoms with van der Waals surface area (Å²) in [6.07, 6.45) is 1.68. The summed E-state index contributed by atoms with van der Waals surface area (Å²) in [5.74, 6) is 0.378. The van der Waals surface area contributed by atoms with Crippen LogP contribution in [0, 0.1) is 6.92 Å². The fourth-order valence-corrected chi connectivity index (χ4v) is 3.71. The predicted molar refractivity (Wildman–Crippen MR) is 100 cm³/mol. The quantitative estimate of drug-likeness (QED) is 0.894. The molecule has 1 saturated heterocycles. The summed E-state index contributed by atoms with van der Waals surface area (Å²) < 4.78 is 6.43. The Labute approximate surface area is 155 Å². The molecule has 2 heterocycles. The molecule has 0 aromatic heterocycles. The van der Waals surface area contributed by atoms with Crippen LogP contribution in [0.2, 0.25) is 0 Å². The first-order chi connectivity index (χ1) is 12.3. The number of hydrogen-bond donors (Lipinski definition) is 1. The summed E-state index contributed by atoms with van der Waals surface area (Å²) in [7, 11) is 2.10. The normalized spacial score (nSPS) is 19.9. The Hall–Kier alpha value is -2.08. The van der Waals surface area contributed by atoms with Crippen molar-refractivity contribution in [2.45, 2.75) is 45.3 Å². The predicted octanol–water partition coefficient (Wildman–Crippen LogP) is 1.82. The average Bonchev–Trinajstić information content (AvgIpc) is 2.67. The number of ether oxygens (including phenoxy) is 1. The molecule has 0 bridgehead atoms. The number of benzene rings is 1. The highest BCUT2D eigenvalue weighted by Crippen LogP contribution is 2.35. The van der Waals surface area contributed by atoms with Crippen LogP contribution in [-0.2, 0) is 4.79 Å². The van der Waals surface area contributed by atoms with E-state index in [9.17, 15) is 9.59 Å². The molecule has 0 unspecified atom stereocenters. The maximum absolute atomic E-state index is 13.2. The Balaban J connectivity index is 1.92. The molecule has 1 aromatic carbocycles. The van der Waals surface area contributed by atoms with Crippen molar-refractivity contribution in [3.63, 3.8) is 0 Å². The lowest BCUT2D eigenvalue weighted by Gasteiger charge is -2.41. The molecular formula is C20H29N3O3. The van der Waals surface area contributed by atoms with Crippen LogP contribution < -0.4 is 10.1 Å². The fraction of sp³-hybridized carbons (Fsp3) is 0.600. The van der Waals surface area contributed by atoms with E-state index in [2.05, 4.69) is 17.3 Å². The van der Waals surface area contributed by atoms with Gasteiger partial charge in [0.1, 0.15) is 17.9 Å². The van der Waals surface area contributed by atoms with Crippen LogP contribution in [-0.4, -0.2) is 66.5 Å². The molecule has 1 aromatic rings. The maximum Gasteiger partial charge on any atom is 0.258 e. The van der Waals surface area contributed by atoms with E-state index < -0.39 is 5.60 Å². The lowest BCUT2D eigenvalue weighted by atomic mass is 9.90. The number of carbonyl (C=O) groups excluding carboxylic acids is 2. The van der Waals surface area contributed by atoms with E-state index in [1.165, 1.54) is 0 Å². The van der Waals surface area contributed by atoms with Gasteiger partial charge in [-0.05, 0) is 40.0 Å². The van der Waals surface area contributed by atoms with E-state index in [0.29, 0.717) is 17.9 Å². The van der Waals surface area contributed by atoms with Crippen LogP contribution in [0.15, 0.2) is 18.2 Å². The molecule has 0 saturated carbocycles. The maximum atomic E-state index is 13.2. The number of nitrogens with one attached hydrogen (secondary N) is 1. The van der Waals surface area contributed by atoms with Crippen molar-refractivity contribution in [2.24, 2.45) is 0 Å². The van der Waals surface area contributed by atoms with Gasteiger partial charge in [0.15, 0.2) is 0 Å². The van der Waals surface area contributed by atoms with E-state index in [1.807, 2.05) is 39.0 Å². The van der Waals surface area contributed by atoms with Gasteiger partial charge < -0.3 is 19.9 Å². The van der Waals surface area contributed by atoms with Gasteiger partial charge in [0.05, 0.1) is 12.1 Å². The van der Waals surface area contributed by atoms with Gasteiger partial charge in [0.25, 0.3) is 5.91 Å². The number of hydrogen-bond acceptors (Lipinski definition) is 4. The molecule has 6 nitrogen and oxygen atoms in total. The Kier molecular flexibility index (Phi) is 5.23. The van der Waals surface area contributed by atoms with Gasteiger partial charge in [-0.15, -0.1) is 0 Å². The molecule has 0 atom stereocenters. The SMILES string of the molecule is Cc1ccc2c(c1)C(=O)N(CC(=O)NC(C)C)CC1(CCN(C)CC1)O2. The standard InChI is InChI=1S/C20H29N3O3/c1-14(2)21-18(24)12-23-13-20(7-9-22(4)10-8-20)26-17-6-5-15(3)11-16(17)19(23)25/h5-6,11,14H,7-10,12-13H2,1-4H3,(H,21,24). The van der Waals surface area contributed by atoms with Gasteiger partial charge in [-0.2, -0.15) is 0 Å². The van der Waals surface area contributed by atoms with E-state index in [0.717, 1.165) is 31.5 Å². The fourth-order valence-electron chi connectivity index (χ4n) is 3.71. The minimum Gasteiger partial charge on any atom is -0.484 e. The van der Waals surface area contributed by atoms with Crippen molar-refractivity contribution in [1.82, 2.24) is 15.1 Å². The highest BCUT2D eigenvalue weighted by molar-refractivity contribution is 5.99. The van der Waals surface area contributed by atoms with Crippen molar-refractivity contribution in [3.05, 3.63) is 29.3 Å². The van der Waals surface area contributed by atoms with Gasteiger partial charge in [-0.25, -0.2) is 0 Å². The molecule has 2 aliphatic rings. The molecule has 0 radical (unpaired) electrons. The van der Waals surface area contributed by atoms with Gasteiger partial charge in [-0.1, -0.05) is 11.6 Å². The van der Waals surface area contributed by atoms with Crippen molar-refractivity contribution < 1.29 is 14.3 Å². The van der Waals surface area contributed by atoms with Crippen molar-refractivity contribution in [2.75, 3.05) is 33.2 Å². The number of aryl methyl sites for hydroxylation is 1. The summed E-state index contributed by atoms with van der Waals surface area (Å²) in [5.41, 5.74) is 1.13. The molecule has 3 rings (SSSR count). The van der Waals surface area contributed by atoms with Crippen LogP contribution >= 0.6 is 0 Å². The monoisotopic (exact) mass is 359 g/mol. The van der Waals surface area contributed by atoms with Crippen molar-refractivity contribution in [1.29, 1.82) is 0 Å². The van der Waals surface area contributed by atoms with E-state index in [1.54, 1.807) is 4.90 Å². The van der Waals surface area contributed by atoms with Crippen LogP contribution in [0.5, 0.6) is 5.75 Å². The highest BCUT2D eigenvalue weighted by Gasteiger charge is 2.42. The first kappa shape index (κ1) is 18.7. The Morgan fingerprint density at radius 1 is 1.31 bits per heavy atom. The third kappa shape index (κ3) is 4.01. The zero-order valence-corrected chi connectivity index (χ0v) is 16.2. The summed E-state index contributed by atoms with van der Waals surface area (Å²) >= 11 is 0. The topological polar surface area (TPSA) is 61.9 Å². The number of nitrogens with zero attached hydrogens (tertiary/aromatic N) is 2. The molecular weight excluding hydrogens is 330 g/mol. The Bertz CT molecular complexity index is 694. The largest absolute Gasteiger partial charge is 0.484 e.